The van der Waals surface area contributed by atoms with Crippen LogP contribution in [0.15, 0.2) is 34.6 Å². The summed E-state index contributed by atoms with van der Waals surface area (Å²) in [6.07, 6.45) is 0. The average molecular weight is 427 g/mol. The van der Waals surface area contributed by atoms with Gasteiger partial charge in [-0.05, 0) is 32.9 Å². The van der Waals surface area contributed by atoms with E-state index in [2.05, 4.69) is 15.5 Å². The number of aromatic nitrogens is 3. The number of thioether (sulfide) groups is 2. The summed E-state index contributed by atoms with van der Waals surface area (Å²) in [5, 5.41) is 10.6. The number of amides is 2. The highest BCUT2D eigenvalue weighted by atomic mass is 32.2. The SMILES string of the molecule is CCN(CC)C(=O)CSc1nnc(SC(C)C(=O)Nc2ccccc2F)n1N. The van der Waals surface area contributed by atoms with Crippen LogP contribution in [0.1, 0.15) is 20.8 Å². The van der Waals surface area contributed by atoms with Crippen molar-refractivity contribution in [3.8, 4) is 0 Å². The van der Waals surface area contributed by atoms with Crippen LogP contribution in [0.2, 0.25) is 0 Å². The maximum Gasteiger partial charge on any atom is 0.237 e. The van der Waals surface area contributed by atoms with Crippen molar-refractivity contribution in [3.05, 3.63) is 30.1 Å². The van der Waals surface area contributed by atoms with E-state index in [1.807, 2.05) is 13.8 Å². The lowest BCUT2D eigenvalue weighted by Crippen LogP contribution is -2.32. The number of nitrogen functional groups attached to an aromatic ring is 1. The molecule has 0 saturated carbocycles. The highest BCUT2D eigenvalue weighted by molar-refractivity contribution is 8.00. The number of para-hydroxylation sites is 1. The molecule has 0 spiro atoms. The zero-order chi connectivity index (χ0) is 20.7. The van der Waals surface area contributed by atoms with Crippen molar-refractivity contribution in [2.24, 2.45) is 0 Å². The molecule has 0 saturated heterocycles. The van der Waals surface area contributed by atoms with Gasteiger partial charge in [0.2, 0.25) is 22.1 Å². The number of nitrogens with two attached hydrogens (primary N) is 1. The predicted octanol–water partition coefficient (Wildman–Crippen LogP) is 2.21. The number of benzene rings is 1. The minimum Gasteiger partial charge on any atom is -0.343 e. The van der Waals surface area contributed by atoms with Gasteiger partial charge in [-0.15, -0.1) is 10.2 Å². The van der Waals surface area contributed by atoms with Gasteiger partial charge in [0.05, 0.1) is 16.7 Å². The molecular weight excluding hydrogens is 403 g/mol. The second-order valence-corrected chi connectivity index (χ2v) is 7.97. The quantitative estimate of drug-likeness (QED) is 0.468. The Morgan fingerprint density at radius 1 is 1.25 bits per heavy atom. The third-order valence-electron chi connectivity index (χ3n) is 3.86. The van der Waals surface area contributed by atoms with E-state index in [9.17, 15) is 14.0 Å². The maximum atomic E-state index is 13.7. The van der Waals surface area contributed by atoms with Crippen molar-refractivity contribution in [2.45, 2.75) is 36.3 Å². The van der Waals surface area contributed by atoms with E-state index in [4.69, 9.17) is 5.84 Å². The summed E-state index contributed by atoms with van der Waals surface area (Å²) in [5.74, 6) is 5.29. The topological polar surface area (TPSA) is 106 Å². The molecule has 2 aromatic rings. The summed E-state index contributed by atoms with van der Waals surface area (Å²) < 4.78 is 14.9. The Morgan fingerprint density at radius 3 is 2.54 bits per heavy atom. The van der Waals surface area contributed by atoms with Crippen molar-refractivity contribution in [3.63, 3.8) is 0 Å². The highest BCUT2D eigenvalue weighted by Crippen LogP contribution is 2.25. The number of carbonyl (C=O) groups excluding carboxylic acids is 2. The highest BCUT2D eigenvalue weighted by Gasteiger charge is 2.21. The van der Waals surface area contributed by atoms with Crippen molar-refractivity contribution in [1.82, 2.24) is 19.8 Å². The molecule has 0 aliphatic carbocycles. The standard InChI is InChI=1S/C17H23FN6O2S2/c1-4-23(5-2)14(25)10-27-16-21-22-17(24(16)19)28-11(3)15(26)20-13-9-7-6-8-12(13)18/h6-9,11H,4-5,10,19H2,1-3H3,(H,20,26). The fourth-order valence-electron chi connectivity index (χ4n) is 2.24. The first kappa shape index (κ1) is 22.0. The zero-order valence-corrected chi connectivity index (χ0v) is 17.5. The molecule has 11 heteroatoms. The molecule has 0 fully saturated rings. The van der Waals surface area contributed by atoms with Gasteiger partial charge in [-0.2, -0.15) is 0 Å². The Morgan fingerprint density at radius 2 is 1.89 bits per heavy atom. The van der Waals surface area contributed by atoms with Gasteiger partial charge in [-0.3, -0.25) is 9.59 Å². The largest absolute Gasteiger partial charge is 0.343 e. The van der Waals surface area contributed by atoms with Gasteiger partial charge in [-0.1, -0.05) is 35.7 Å². The molecule has 1 heterocycles. The van der Waals surface area contributed by atoms with Gasteiger partial charge in [0, 0.05) is 13.1 Å². The fraction of sp³-hybridized carbons (Fsp3) is 0.412. The van der Waals surface area contributed by atoms with Gasteiger partial charge >= 0.3 is 0 Å². The fourth-order valence-corrected chi connectivity index (χ4v) is 3.83. The Hall–Kier alpha value is -2.27. The smallest absolute Gasteiger partial charge is 0.237 e. The molecule has 0 aliphatic rings. The van der Waals surface area contributed by atoms with Crippen LogP contribution in [0.3, 0.4) is 0 Å². The molecule has 1 atom stereocenters. The molecule has 1 aromatic heterocycles. The normalized spacial score (nSPS) is 11.9. The maximum absolute atomic E-state index is 13.7. The first-order valence-corrected chi connectivity index (χ1v) is 10.6. The number of anilines is 1. The number of nitrogens with one attached hydrogen (secondary N) is 1. The average Bonchev–Trinajstić information content (AvgIpc) is 3.02. The lowest BCUT2D eigenvalue weighted by atomic mass is 10.3. The Bertz CT molecular complexity index is 828. The van der Waals surface area contributed by atoms with Crippen LogP contribution in [-0.4, -0.2) is 55.7 Å². The number of rotatable bonds is 9. The number of nitrogens with zero attached hydrogens (tertiary/aromatic N) is 4. The van der Waals surface area contributed by atoms with Crippen LogP contribution < -0.4 is 11.2 Å². The van der Waals surface area contributed by atoms with Crippen LogP contribution in [0, 0.1) is 5.82 Å². The van der Waals surface area contributed by atoms with Crippen LogP contribution in [0.4, 0.5) is 10.1 Å². The first-order valence-electron chi connectivity index (χ1n) is 8.70. The summed E-state index contributed by atoms with van der Waals surface area (Å²) in [5.41, 5.74) is 0.111. The Balaban J connectivity index is 1.95. The minimum atomic E-state index is -0.582. The van der Waals surface area contributed by atoms with Crippen LogP contribution in [0.25, 0.3) is 0 Å². The van der Waals surface area contributed by atoms with Crippen LogP contribution in [0.5, 0.6) is 0 Å². The van der Waals surface area contributed by atoms with Gasteiger partial charge in [0.1, 0.15) is 5.82 Å². The van der Waals surface area contributed by atoms with E-state index < -0.39 is 11.1 Å². The van der Waals surface area contributed by atoms with Crippen LogP contribution >= 0.6 is 23.5 Å². The lowest BCUT2D eigenvalue weighted by molar-refractivity contribution is -0.128. The zero-order valence-electron chi connectivity index (χ0n) is 15.9. The summed E-state index contributed by atoms with van der Waals surface area (Å²) in [6.45, 7) is 6.77. The van der Waals surface area contributed by atoms with Crippen molar-refractivity contribution in [2.75, 3.05) is 30.0 Å². The van der Waals surface area contributed by atoms with E-state index >= 15 is 0 Å². The molecule has 1 unspecified atom stereocenters. The number of hydrogen-bond acceptors (Lipinski definition) is 7. The van der Waals surface area contributed by atoms with E-state index in [1.54, 1.807) is 24.0 Å². The van der Waals surface area contributed by atoms with E-state index in [0.717, 1.165) is 11.8 Å². The second-order valence-electron chi connectivity index (χ2n) is 5.72. The molecule has 152 valence electrons. The molecule has 0 aliphatic heterocycles. The molecule has 2 rings (SSSR count). The molecular formula is C17H23FN6O2S2. The third-order valence-corrected chi connectivity index (χ3v) is 5.84. The van der Waals surface area contributed by atoms with Gasteiger partial charge < -0.3 is 16.1 Å². The van der Waals surface area contributed by atoms with Gasteiger partial charge in [0.25, 0.3) is 0 Å². The number of hydrogen-bond donors (Lipinski definition) is 2. The molecule has 8 nitrogen and oxygen atoms in total. The van der Waals surface area contributed by atoms with E-state index in [0.29, 0.717) is 23.4 Å². The molecule has 28 heavy (non-hydrogen) atoms. The van der Waals surface area contributed by atoms with Gasteiger partial charge in [0.15, 0.2) is 0 Å². The summed E-state index contributed by atoms with van der Waals surface area (Å²) in [4.78, 5) is 26.1. The third kappa shape index (κ3) is 5.61. The van der Waals surface area contributed by atoms with Crippen molar-refractivity contribution < 1.29 is 14.0 Å². The first-order chi connectivity index (χ1) is 13.4. The summed E-state index contributed by atoms with van der Waals surface area (Å²) in [7, 11) is 0. The molecule has 2 amide bonds. The summed E-state index contributed by atoms with van der Waals surface area (Å²) in [6, 6.07) is 5.94. The lowest BCUT2D eigenvalue weighted by Gasteiger charge is -2.17. The molecule has 0 radical (unpaired) electrons. The monoisotopic (exact) mass is 426 g/mol. The molecule has 1 aromatic carbocycles. The van der Waals surface area contributed by atoms with E-state index in [-0.39, 0.29) is 23.3 Å². The second kappa shape index (κ2) is 10.3. The number of carbonyl (C=O) groups is 2. The van der Waals surface area contributed by atoms with Crippen molar-refractivity contribution >= 4 is 41.0 Å². The minimum absolute atomic E-state index is 0.00941. The van der Waals surface area contributed by atoms with Crippen LogP contribution in [-0.2, 0) is 9.59 Å². The predicted molar refractivity (Wildman–Crippen MR) is 109 cm³/mol. The Labute approximate surface area is 171 Å². The van der Waals surface area contributed by atoms with Crippen molar-refractivity contribution in [1.29, 1.82) is 0 Å². The molecule has 0 bridgehead atoms. The number of halogens is 1. The molecule has 3 N–H and O–H groups in total. The van der Waals surface area contributed by atoms with E-state index in [1.165, 1.54) is 28.6 Å². The Kier molecular flexibility index (Phi) is 8.12. The van der Waals surface area contributed by atoms with Gasteiger partial charge in [-0.25, -0.2) is 9.07 Å². The summed E-state index contributed by atoms with van der Waals surface area (Å²) >= 11 is 2.28.